The monoisotopic (exact) mass is 157 g/mol. The maximum absolute atomic E-state index is 9.91. The van der Waals surface area contributed by atoms with Crippen molar-refractivity contribution in [3.63, 3.8) is 0 Å². The minimum absolute atomic E-state index is 0. The maximum atomic E-state index is 9.91. The van der Waals surface area contributed by atoms with Crippen LogP contribution in [0.5, 0.6) is 0 Å². The van der Waals surface area contributed by atoms with Gasteiger partial charge in [-0.2, -0.15) is 8.42 Å². The molecule has 0 unspecified atom stereocenters. The summed E-state index contributed by atoms with van der Waals surface area (Å²) in [7, 11) is -2.13. The molecule has 6 heteroatoms. The molecule has 0 spiro atoms. The van der Waals surface area contributed by atoms with Gasteiger partial charge in [0.2, 0.25) is 0 Å². The third-order valence-electron chi connectivity index (χ3n) is 0.610. The van der Waals surface area contributed by atoms with E-state index in [1.807, 2.05) is 0 Å². The highest BCUT2D eigenvalue weighted by Crippen LogP contribution is 1.76. The standard InChI is InChI=1S/C3H9NO3S.H3N/c1-4-2-3-8(5,6)7;/h4H,2-3H2,1H3,(H,5,6,7);1H3/p+1. The Morgan fingerprint density at radius 2 is 2.00 bits per heavy atom. The Labute approximate surface area is 54.8 Å². The lowest BCUT2D eigenvalue weighted by Crippen LogP contribution is -2.18. The second-order valence-corrected chi connectivity index (χ2v) is 2.96. The normalized spacial score (nSPS) is 10.4. The largest absolute Gasteiger partial charge is 0.369 e. The molecular weight excluding hydrogens is 144 g/mol. The first-order valence-electron chi connectivity index (χ1n) is 2.16. The Morgan fingerprint density at radius 3 is 2.11 bits per heavy atom. The van der Waals surface area contributed by atoms with Gasteiger partial charge in [-0.15, -0.1) is 0 Å². The third kappa shape index (κ3) is 11.4. The van der Waals surface area contributed by atoms with Crippen LogP contribution in [0.4, 0.5) is 0 Å². The van der Waals surface area contributed by atoms with Gasteiger partial charge in [0.15, 0.2) is 0 Å². The van der Waals surface area contributed by atoms with E-state index >= 15 is 0 Å². The molecule has 0 aromatic carbocycles. The van der Waals surface area contributed by atoms with E-state index in [0.717, 1.165) is 0 Å². The average molecular weight is 157 g/mol. The quantitative estimate of drug-likeness (QED) is 0.479. The molecular formula is C3H13N2O3S+. The van der Waals surface area contributed by atoms with E-state index in [1.54, 1.807) is 7.05 Å². The molecule has 6 N–H and O–H groups in total. The summed E-state index contributed by atoms with van der Waals surface area (Å²) >= 11 is 0. The summed E-state index contributed by atoms with van der Waals surface area (Å²) in [5.74, 6) is -0.219. The van der Waals surface area contributed by atoms with E-state index in [-0.39, 0.29) is 11.9 Å². The lowest BCUT2D eigenvalue weighted by atomic mass is 10.8. The topological polar surface area (TPSA) is 103 Å². The van der Waals surface area contributed by atoms with Crippen molar-refractivity contribution in [3.8, 4) is 0 Å². The molecule has 9 heavy (non-hydrogen) atoms. The van der Waals surface area contributed by atoms with Gasteiger partial charge in [0.25, 0.3) is 10.1 Å². The van der Waals surface area contributed by atoms with Crippen LogP contribution in [0, 0.1) is 0 Å². The first kappa shape index (κ1) is 11.6. The molecule has 0 saturated carbocycles. The van der Waals surface area contributed by atoms with E-state index in [1.165, 1.54) is 0 Å². The lowest BCUT2D eigenvalue weighted by Gasteiger charge is -1.92. The average Bonchev–Trinajstić information content (AvgIpc) is 1.59. The minimum atomic E-state index is -3.75. The van der Waals surface area contributed by atoms with E-state index in [9.17, 15) is 8.42 Å². The minimum Gasteiger partial charge on any atom is -0.369 e. The predicted octanol–water partition coefficient (Wildman–Crippen LogP) is -0.530. The van der Waals surface area contributed by atoms with Crippen molar-refractivity contribution in [2.24, 2.45) is 0 Å². The summed E-state index contributed by atoms with van der Waals surface area (Å²) in [6, 6.07) is 0. The van der Waals surface area contributed by atoms with Crippen LogP contribution in [0.3, 0.4) is 0 Å². The van der Waals surface area contributed by atoms with E-state index in [4.69, 9.17) is 4.55 Å². The summed E-state index contributed by atoms with van der Waals surface area (Å²) in [6.45, 7) is 0.291. The smallest absolute Gasteiger partial charge is 0.266 e. The van der Waals surface area contributed by atoms with Crippen LogP contribution in [-0.4, -0.2) is 32.3 Å². The summed E-state index contributed by atoms with van der Waals surface area (Å²) in [6.07, 6.45) is 0. The van der Waals surface area contributed by atoms with Crippen LogP contribution < -0.4 is 11.5 Å². The van der Waals surface area contributed by atoms with Gasteiger partial charge in [0.1, 0.15) is 0 Å². The van der Waals surface area contributed by atoms with Crippen molar-refractivity contribution in [2.75, 3.05) is 19.3 Å². The number of hydrogen-bond donors (Lipinski definition) is 3. The van der Waals surface area contributed by atoms with Crippen molar-refractivity contribution < 1.29 is 13.0 Å². The van der Waals surface area contributed by atoms with Gasteiger partial charge in [0.05, 0.1) is 5.75 Å². The van der Waals surface area contributed by atoms with Crippen LogP contribution in [0.2, 0.25) is 0 Å². The fourth-order valence-corrected chi connectivity index (χ4v) is 0.693. The van der Waals surface area contributed by atoms with Gasteiger partial charge in [-0.25, -0.2) is 0 Å². The van der Waals surface area contributed by atoms with Gasteiger partial charge < -0.3 is 11.5 Å². The molecule has 0 bridgehead atoms. The number of rotatable bonds is 3. The number of hydrogen-bond acceptors (Lipinski definition) is 3. The van der Waals surface area contributed by atoms with Gasteiger partial charge in [-0.05, 0) is 7.05 Å². The van der Waals surface area contributed by atoms with E-state index in [0.29, 0.717) is 6.54 Å². The van der Waals surface area contributed by atoms with Gasteiger partial charge >= 0.3 is 0 Å². The fourth-order valence-electron chi connectivity index (χ4n) is 0.231. The van der Waals surface area contributed by atoms with Crippen molar-refractivity contribution in [1.82, 2.24) is 11.5 Å². The SMILES string of the molecule is CNCCS(=O)(=O)O.[NH4+]. The van der Waals surface area contributed by atoms with Gasteiger partial charge in [-0.1, -0.05) is 0 Å². The molecule has 0 aliphatic heterocycles. The first-order chi connectivity index (χ1) is 3.56. The molecule has 0 amide bonds. The summed E-state index contributed by atoms with van der Waals surface area (Å²) in [5, 5.41) is 2.59. The molecule has 5 nitrogen and oxygen atoms in total. The van der Waals surface area contributed by atoms with Crippen LogP contribution >= 0.6 is 0 Å². The summed E-state index contributed by atoms with van der Waals surface area (Å²) in [5.41, 5.74) is 0. The molecule has 0 heterocycles. The zero-order valence-corrected chi connectivity index (χ0v) is 6.40. The highest BCUT2D eigenvalue weighted by molar-refractivity contribution is 7.85. The molecule has 0 aliphatic carbocycles. The second-order valence-electron chi connectivity index (χ2n) is 1.39. The van der Waals surface area contributed by atoms with Crippen molar-refractivity contribution >= 4 is 10.1 Å². The molecule has 0 aliphatic rings. The summed E-state index contributed by atoms with van der Waals surface area (Å²) < 4.78 is 27.9. The molecule has 0 rings (SSSR count). The van der Waals surface area contributed by atoms with Gasteiger partial charge in [-0.3, -0.25) is 4.55 Å². The molecule has 58 valence electrons. The third-order valence-corrected chi connectivity index (χ3v) is 1.33. The van der Waals surface area contributed by atoms with E-state index < -0.39 is 10.1 Å². The predicted molar refractivity (Wildman–Crippen MR) is 36.3 cm³/mol. The van der Waals surface area contributed by atoms with E-state index in [2.05, 4.69) is 5.32 Å². The van der Waals surface area contributed by atoms with Gasteiger partial charge in [0, 0.05) is 6.54 Å². The highest BCUT2D eigenvalue weighted by Gasteiger charge is 1.99. The zero-order valence-electron chi connectivity index (χ0n) is 5.59. The molecule has 0 atom stereocenters. The van der Waals surface area contributed by atoms with Crippen molar-refractivity contribution in [1.29, 1.82) is 0 Å². The highest BCUT2D eigenvalue weighted by atomic mass is 32.2. The van der Waals surface area contributed by atoms with Crippen LogP contribution in [-0.2, 0) is 10.1 Å². The Kier molecular flexibility index (Phi) is 6.04. The Bertz CT molecular complexity index is 141. The van der Waals surface area contributed by atoms with Crippen LogP contribution in [0.1, 0.15) is 0 Å². The fraction of sp³-hybridized carbons (Fsp3) is 1.00. The molecule has 0 fully saturated rings. The van der Waals surface area contributed by atoms with Crippen molar-refractivity contribution in [3.05, 3.63) is 0 Å². The zero-order chi connectivity index (χ0) is 6.62. The molecule has 0 radical (unpaired) electrons. The Morgan fingerprint density at radius 1 is 1.56 bits per heavy atom. The number of nitrogens with one attached hydrogen (secondary N) is 1. The second kappa shape index (κ2) is 4.68. The lowest BCUT2D eigenvalue weighted by molar-refractivity contribution is 0.482. The molecule has 0 saturated heterocycles. The Balaban J connectivity index is 0. The maximum Gasteiger partial charge on any atom is 0.266 e. The summed E-state index contributed by atoms with van der Waals surface area (Å²) in [4.78, 5) is 0. The molecule has 0 aromatic heterocycles. The number of quaternary nitrogens is 1. The molecule has 0 aromatic rings. The first-order valence-corrected chi connectivity index (χ1v) is 3.77. The van der Waals surface area contributed by atoms with Crippen LogP contribution in [0.25, 0.3) is 0 Å². The Hall–Kier alpha value is -0.170. The van der Waals surface area contributed by atoms with Crippen molar-refractivity contribution in [2.45, 2.75) is 0 Å². The van der Waals surface area contributed by atoms with Crippen LogP contribution in [0.15, 0.2) is 0 Å².